The summed E-state index contributed by atoms with van der Waals surface area (Å²) in [4.78, 5) is 14.6. The fourth-order valence-corrected chi connectivity index (χ4v) is 1.76. The van der Waals surface area contributed by atoms with Crippen LogP contribution in [0.2, 0.25) is 0 Å². The van der Waals surface area contributed by atoms with Gasteiger partial charge in [-0.2, -0.15) is 0 Å². The van der Waals surface area contributed by atoms with E-state index < -0.39 is 0 Å². The van der Waals surface area contributed by atoms with E-state index in [9.17, 15) is 10.1 Å². The van der Waals surface area contributed by atoms with Gasteiger partial charge in [-0.15, -0.1) is 0 Å². The molecule has 0 aliphatic carbocycles. The first-order valence-corrected chi connectivity index (χ1v) is 6.08. The Hall–Kier alpha value is -2.63. The highest BCUT2D eigenvalue weighted by atomic mass is 16.6. The van der Waals surface area contributed by atoms with Gasteiger partial charge in [-0.25, -0.2) is 4.98 Å². The first-order chi connectivity index (χ1) is 9.60. The molecule has 0 aliphatic heterocycles. The van der Waals surface area contributed by atoms with Crippen LogP contribution >= 0.6 is 0 Å². The highest BCUT2D eigenvalue weighted by Crippen LogP contribution is 2.22. The summed E-state index contributed by atoms with van der Waals surface area (Å²) in [6, 6.07) is 8.74. The average Bonchev–Trinajstić information content (AvgIpc) is 2.46. The molecule has 104 valence electrons. The number of ether oxygens (including phenoxy) is 1. The molecule has 6 heteroatoms. The van der Waals surface area contributed by atoms with Crippen LogP contribution in [0.25, 0.3) is 0 Å². The number of methoxy groups -OCH3 is 1. The standard InChI is InChI=1S/C14H15N3O3/c1-10-3-5-12(7-13(10)17(18)19)15-8-11-4-6-14(20-2)16-9-11/h3-7,9,15H,8H2,1-2H3. The summed E-state index contributed by atoms with van der Waals surface area (Å²) in [5.74, 6) is 0.555. The maximum atomic E-state index is 10.9. The van der Waals surface area contributed by atoms with E-state index in [-0.39, 0.29) is 10.6 Å². The van der Waals surface area contributed by atoms with E-state index in [4.69, 9.17) is 4.74 Å². The molecule has 0 unspecified atom stereocenters. The molecule has 1 heterocycles. The van der Waals surface area contributed by atoms with Crippen molar-refractivity contribution in [1.82, 2.24) is 4.98 Å². The SMILES string of the molecule is COc1ccc(CNc2ccc(C)c([N+](=O)[O-])c2)cn1. The third-order valence-electron chi connectivity index (χ3n) is 2.91. The smallest absolute Gasteiger partial charge is 0.274 e. The van der Waals surface area contributed by atoms with Crippen molar-refractivity contribution in [2.24, 2.45) is 0 Å². The van der Waals surface area contributed by atoms with Crippen LogP contribution in [0.5, 0.6) is 5.88 Å². The number of nitro groups is 1. The summed E-state index contributed by atoms with van der Waals surface area (Å²) < 4.78 is 4.98. The summed E-state index contributed by atoms with van der Waals surface area (Å²) in [7, 11) is 1.56. The zero-order valence-corrected chi connectivity index (χ0v) is 11.3. The lowest BCUT2D eigenvalue weighted by Crippen LogP contribution is -2.01. The molecule has 2 aromatic rings. The van der Waals surface area contributed by atoms with Crippen LogP contribution in [0, 0.1) is 17.0 Å². The lowest BCUT2D eigenvalue weighted by atomic mass is 10.2. The monoisotopic (exact) mass is 273 g/mol. The minimum absolute atomic E-state index is 0.114. The van der Waals surface area contributed by atoms with E-state index in [1.54, 1.807) is 32.4 Å². The maximum Gasteiger partial charge on any atom is 0.274 e. The Morgan fingerprint density at radius 2 is 2.15 bits per heavy atom. The molecule has 0 radical (unpaired) electrons. The number of nitrogens with zero attached hydrogens (tertiary/aromatic N) is 2. The van der Waals surface area contributed by atoms with Crippen molar-refractivity contribution in [3.8, 4) is 5.88 Å². The average molecular weight is 273 g/mol. The van der Waals surface area contributed by atoms with E-state index in [1.165, 1.54) is 6.07 Å². The number of benzene rings is 1. The third kappa shape index (κ3) is 3.23. The van der Waals surface area contributed by atoms with Crippen molar-refractivity contribution in [2.75, 3.05) is 12.4 Å². The van der Waals surface area contributed by atoms with Crippen LogP contribution in [0.1, 0.15) is 11.1 Å². The van der Waals surface area contributed by atoms with Crippen LogP contribution in [0.4, 0.5) is 11.4 Å². The van der Waals surface area contributed by atoms with Gasteiger partial charge >= 0.3 is 0 Å². The molecular formula is C14H15N3O3. The van der Waals surface area contributed by atoms with Crippen LogP contribution in [0.3, 0.4) is 0 Å². The van der Waals surface area contributed by atoms with E-state index in [1.807, 2.05) is 12.1 Å². The van der Waals surface area contributed by atoms with Crippen molar-refractivity contribution in [2.45, 2.75) is 13.5 Å². The van der Waals surface area contributed by atoms with E-state index in [0.717, 1.165) is 5.56 Å². The molecule has 0 bridgehead atoms. The third-order valence-corrected chi connectivity index (χ3v) is 2.91. The number of aryl methyl sites for hydroxylation is 1. The Bertz CT molecular complexity index is 612. The number of hydrogen-bond acceptors (Lipinski definition) is 5. The molecule has 1 N–H and O–H groups in total. The second kappa shape index (κ2) is 6.01. The zero-order valence-electron chi connectivity index (χ0n) is 11.3. The number of pyridine rings is 1. The Labute approximate surface area is 116 Å². The highest BCUT2D eigenvalue weighted by Gasteiger charge is 2.10. The summed E-state index contributed by atoms with van der Waals surface area (Å²) in [6.45, 7) is 2.26. The first-order valence-electron chi connectivity index (χ1n) is 6.08. The molecule has 0 amide bonds. The van der Waals surface area contributed by atoms with Crippen molar-refractivity contribution >= 4 is 11.4 Å². The van der Waals surface area contributed by atoms with Crippen molar-refractivity contribution in [3.05, 3.63) is 57.8 Å². The summed E-state index contributed by atoms with van der Waals surface area (Å²) in [5, 5.41) is 14.0. The molecule has 0 atom stereocenters. The second-order valence-electron chi connectivity index (χ2n) is 4.32. The first kappa shape index (κ1) is 13.8. The minimum atomic E-state index is -0.380. The fraction of sp³-hybridized carbons (Fsp3) is 0.214. The highest BCUT2D eigenvalue weighted by molar-refractivity contribution is 5.55. The van der Waals surface area contributed by atoms with Gasteiger partial charge < -0.3 is 10.1 Å². The van der Waals surface area contributed by atoms with E-state index >= 15 is 0 Å². The molecule has 0 saturated carbocycles. The van der Waals surface area contributed by atoms with Gasteiger partial charge in [-0.3, -0.25) is 10.1 Å². The normalized spacial score (nSPS) is 10.1. The minimum Gasteiger partial charge on any atom is -0.481 e. The summed E-state index contributed by atoms with van der Waals surface area (Å²) in [5.41, 5.74) is 2.43. The Balaban J connectivity index is 2.06. The Morgan fingerprint density at radius 3 is 2.75 bits per heavy atom. The van der Waals surface area contributed by atoms with Gasteiger partial charge in [0.05, 0.1) is 12.0 Å². The van der Waals surface area contributed by atoms with Crippen LogP contribution in [-0.2, 0) is 6.54 Å². The van der Waals surface area contributed by atoms with Crippen LogP contribution < -0.4 is 10.1 Å². The molecule has 20 heavy (non-hydrogen) atoms. The van der Waals surface area contributed by atoms with Gasteiger partial charge in [0.2, 0.25) is 5.88 Å². The molecule has 0 aliphatic rings. The number of nitrogens with one attached hydrogen (secondary N) is 1. The van der Waals surface area contributed by atoms with Gasteiger partial charge in [-0.05, 0) is 18.6 Å². The van der Waals surface area contributed by atoms with Gasteiger partial charge in [0.1, 0.15) is 0 Å². The molecule has 6 nitrogen and oxygen atoms in total. The van der Waals surface area contributed by atoms with Crippen molar-refractivity contribution < 1.29 is 9.66 Å². The molecule has 1 aromatic carbocycles. The van der Waals surface area contributed by atoms with Gasteiger partial charge in [0, 0.05) is 36.1 Å². The molecule has 0 saturated heterocycles. The van der Waals surface area contributed by atoms with Gasteiger partial charge in [-0.1, -0.05) is 12.1 Å². The lowest BCUT2D eigenvalue weighted by molar-refractivity contribution is -0.385. The number of nitro benzene ring substituents is 1. The number of aromatic nitrogens is 1. The molecule has 0 spiro atoms. The fourth-order valence-electron chi connectivity index (χ4n) is 1.76. The van der Waals surface area contributed by atoms with Gasteiger partial charge in [0.15, 0.2) is 0 Å². The molecule has 2 rings (SSSR count). The topological polar surface area (TPSA) is 77.3 Å². The van der Waals surface area contributed by atoms with Crippen LogP contribution in [0.15, 0.2) is 36.5 Å². The Kier molecular flexibility index (Phi) is 4.14. The van der Waals surface area contributed by atoms with Gasteiger partial charge in [0.25, 0.3) is 5.69 Å². The number of rotatable bonds is 5. The molecule has 0 fully saturated rings. The van der Waals surface area contributed by atoms with E-state index in [0.29, 0.717) is 23.7 Å². The number of anilines is 1. The van der Waals surface area contributed by atoms with Crippen LogP contribution in [-0.4, -0.2) is 17.0 Å². The van der Waals surface area contributed by atoms with Crippen molar-refractivity contribution in [3.63, 3.8) is 0 Å². The Morgan fingerprint density at radius 1 is 1.35 bits per heavy atom. The molecular weight excluding hydrogens is 258 g/mol. The quantitative estimate of drug-likeness (QED) is 0.669. The summed E-state index contributed by atoms with van der Waals surface area (Å²) in [6.07, 6.45) is 1.70. The summed E-state index contributed by atoms with van der Waals surface area (Å²) >= 11 is 0. The lowest BCUT2D eigenvalue weighted by Gasteiger charge is -2.07. The predicted molar refractivity (Wildman–Crippen MR) is 75.9 cm³/mol. The largest absolute Gasteiger partial charge is 0.481 e. The molecule has 1 aromatic heterocycles. The number of hydrogen-bond donors (Lipinski definition) is 1. The zero-order chi connectivity index (χ0) is 14.5. The maximum absolute atomic E-state index is 10.9. The van der Waals surface area contributed by atoms with E-state index in [2.05, 4.69) is 10.3 Å². The predicted octanol–water partition coefficient (Wildman–Crippen LogP) is 2.92. The second-order valence-corrected chi connectivity index (χ2v) is 4.32. The van der Waals surface area contributed by atoms with Crippen molar-refractivity contribution in [1.29, 1.82) is 0 Å².